The minimum absolute atomic E-state index is 0.0735. The molecule has 0 atom stereocenters. The van der Waals surface area contributed by atoms with Crippen LogP contribution in [0.15, 0.2) is 34.8 Å². The Kier molecular flexibility index (Phi) is 4.49. The van der Waals surface area contributed by atoms with Gasteiger partial charge < -0.3 is 4.74 Å². The molecular formula is C12H7BrClF3N2O. The van der Waals surface area contributed by atoms with Crippen LogP contribution in [0.4, 0.5) is 13.2 Å². The summed E-state index contributed by atoms with van der Waals surface area (Å²) in [7, 11) is 0. The molecule has 0 aliphatic rings. The number of alkyl halides is 3. The lowest BCUT2D eigenvalue weighted by Gasteiger charge is -2.09. The molecule has 2 aromatic rings. The highest BCUT2D eigenvalue weighted by molar-refractivity contribution is 9.10. The zero-order valence-corrected chi connectivity index (χ0v) is 12.1. The Hall–Kier alpha value is -1.34. The predicted octanol–water partition coefficient (Wildman–Crippen LogP) is 4.49. The normalized spacial score (nSPS) is 11.4. The Labute approximate surface area is 125 Å². The number of hydrogen-bond acceptors (Lipinski definition) is 3. The molecule has 106 valence electrons. The van der Waals surface area contributed by atoms with Crippen LogP contribution in [-0.4, -0.2) is 9.97 Å². The van der Waals surface area contributed by atoms with Gasteiger partial charge >= 0.3 is 6.18 Å². The second-order valence-electron chi connectivity index (χ2n) is 3.77. The first kappa shape index (κ1) is 15.1. The molecular weight excluding hydrogens is 360 g/mol. The van der Waals surface area contributed by atoms with E-state index in [0.717, 1.165) is 16.1 Å². The van der Waals surface area contributed by atoms with Gasteiger partial charge in [0.25, 0.3) is 0 Å². The van der Waals surface area contributed by atoms with E-state index in [1.54, 1.807) is 18.2 Å². The molecule has 0 unspecified atom stereocenters. The molecule has 0 saturated carbocycles. The third-order valence-electron chi connectivity index (χ3n) is 2.20. The maximum absolute atomic E-state index is 12.5. The van der Waals surface area contributed by atoms with Crippen LogP contribution >= 0.6 is 27.5 Å². The molecule has 0 saturated heterocycles. The van der Waals surface area contributed by atoms with Crippen LogP contribution in [0.5, 0.6) is 5.88 Å². The molecule has 0 N–H and O–H groups in total. The van der Waals surface area contributed by atoms with E-state index in [4.69, 9.17) is 16.3 Å². The lowest BCUT2D eigenvalue weighted by molar-refractivity contribution is -0.145. The summed E-state index contributed by atoms with van der Waals surface area (Å²) in [6, 6.07) is 8.31. The number of halogens is 5. The molecule has 2 rings (SSSR count). The average molecular weight is 368 g/mol. The number of hydrogen-bond donors (Lipinski definition) is 0. The third kappa shape index (κ3) is 4.08. The van der Waals surface area contributed by atoms with Crippen molar-refractivity contribution in [2.24, 2.45) is 0 Å². The van der Waals surface area contributed by atoms with E-state index >= 15 is 0 Å². The van der Waals surface area contributed by atoms with Gasteiger partial charge in [0.2, 0.25) is 11.7 Å². The molecule has 0 aliphatic heterocycles. The molecule has 0 bridgehead atoms. The van der Waals surface area contributed by atoms with Crippen LogP contribution < -0.4 is 4.74 Å². The largest absolute Gasteiger partial charge is 0.473 e. The van der Waals surface area contributed by atoms with Gasteiger partial charge in [0, 0.05) is 10.5 Å². The summed E-state index contributed by atoms with van der Waals surface area (Å²) in [5.74, 6) is -1.55. The minimum atomic E-state index is -4.67. The van der Waals surface area contributed by atoms with Crippen LogP contribution in [0.1, 0.15) is 11.4 Å². The Morgan fingerprint density at radius 3 is 2.60 bits per heavy atom. The molecule has 20 heavy (non-hydrogen) atoms. The fraction of sp³-hybridized carbons (Fsp3) is 0.167. The molecule has 0 aliphatic carbocycles. The quantitative estimate of drug-likeness (QED) is 0.750. The number of nitrogens with zero attached hydrogens (tertiary/aromatic N) is 2. The van der Waals surface area contributed by atoms with Crippen molar-refractivity contribution in [1.82, 2.24) is 9.97 Å². The molecule has 1 aromatic carbocycles. The van der Waals surface area contributed by atoms with Gasteiger partial charge in [-0.25, -0.2) is 4.98 Å². The maximum Gasteiger partial charge on any atom is 0.451 e. The van der Waals surface area contributed by atoms with Crippen molar-refractivity contribution in [3.8, 4) is 5.88 Å². The fourth-order valence-corrected chi connectivity index (χ4v) is 2.00. The Balaban J connectivity index is 2.16. The summed E-state index contributed by atoms with van der Waals surface area (Å²) in [5, 5.41) is -0.323. The van der Waals surface area contributed by atoms with E-state index < -0.39 is 12.0 Å². The van der Waals surface area contributed by atoms with E-state index in [1.165, 1.54) is 0 Å². The fourth-order valence-electron chi connectivity index (χ4n) is 1.38. The predicted molar refractivity (Wildman–Crippen MR) is 70.5 cm³/mol. The molecule has 3 nitrogen and oxygen atoms in total. The van der Waals surface area contributed by atoms with Crippen molar-refractivity contribution in [3.63, 3.8) is 0 Å². The smallest absolute Gasteiger partial charge is 0.451 e. The summed E-state index contributed by atoms with van der Waals surface area (Å²) in [6.07, 6.45) is -4.67. The van der Waals surface area contributed by atoms with Gasteiger partial charge in [0.1, 0.15) is 11.8 Å². The summed E-state index contributed by atoms with van der Waals surface area (Å²) in [4.78, 5) is 6.40. The zero-order chi connectivity index (χ0) is 14.8. The Morgan fingerprint density at radius 1 is 1.20 bits per heavy atom. The standard InChI is InChI=1S/C12H7BrClF3N2O/c13-8-3-1-2-7(4-8)6-20-10-5-9(14)18-11(19-10)12(15,16)17/h1-5H,6H2. The van der Waals surface area contributed by atoms with Crippen molar-refractivity contribution in [2.45, 2.75) is 12.8 Å². The van der Waals surface area contributed by atoms with Gasteiger partial charge in [-0.1, -0.05) is 39.7 Å². The second kappa shape index (κ2) is 5.97. The van der Waals surface area contributed by atoms with Crippen LogP contribution in [0.2, 0.25) is 5.15 Å². The summed E-state index contributed by atoms with van der Waals surface area (Å²) in [6.45, 7) is 0.0735. The third-order valence-corrected chi connectivity index (χ3v) is 2.89. The van der Waals surface area contributed by atoms with Crippen molar-refractivity contribution in [3.05, 3.63) is 51.3 Å². The molecule has 8 heteroatoms. The maximum atomic E-state index is 12.5. The SMILES string of the molecule is FC(F)(F)c1nc(Cl)cc(OCc2cccc(Br)c2)n1. The van der Waals surface area contributed by atoms with Crippen molar-refractivity contribution >= 4 is 27.5 Å². The first-order chi connectivity index (χ1) is 9.34. The number of rotatable bonds is 3. The molecule has 0 fully saturated rings. The summed E-state index contributed by atoms with van der Waals surface area (Å²) >= 11 is 8.81. The Morgan fingerprint density at radius 2 is 1.95 bits per heavy atom. The van der Waals surface area contributed by atoms with E-state index in [2.05, 4.69) is 25.9 Å². The van der Waals surface area contributed by atoms with E-state index in [9.17, 15) is 13.2 Å². The lowest BCUT2D eigenvalue weighted by atomic mass is 10.2. The average Bonchev–Trinajstić information content (AvgIpc) is 2.35. The molecule has 1 aromatic heterocycles. The highest BCUT2D eigenvalue weighted by Crippen LogP contribution is 2.29. The number of benzene rings is 1. The van der Waals surface area contributed by atoms with Crippen molar-refractivity contribution < 1.29 is 17.9 Å². The Bertz CT molecular complexity index is 622. The molecule has 0 spiro atoms. The number of ether oxygens (including phenoxy) is 1. The van der Waals surface area contributed by atoms with Crippen LogP contribution in [0, 0.1) is 0 Å². The van der Waals surface area contributed by atoms with Gasteiger partial charge in [-0.05, 0) is 17.7 Å². The summed E-state index contributed by atoms with van der Waals surface area (Å²) in [5.41, 5.74) is 0.780. The van der Waals surface area contributed by atoms with E-state index in [-0.39, 0.29) is 17.6 Å². The highest BCUT2D eigenvalue weighted by Gasteiger charge is 2.35. The van der Waals surface area contributed by atoms with Crippen LogP contribution in [0.3, 0.4) is 0 Å². The van der Waals surface area contributed by atoms with Gasteiger partial charge in [-0.15, -0.1) is 0 Å². The van der Waals surface area contributed by atoms with E-state index in [1.807, 2.05) is 6.07 Å². The van der Waals surface area contributed by atoms with Gasteiger partial charge in [0.05, 0.1) is 0 Å². The van der Waals surface area contributed by atoms with Crippen molar-refractivity contribution in [1.29, 1.82) is 0 Å². The van der Waals surface area contributed by atoms with E-state index in [0.29, 0.717) is 0 Å². The first-order valence-electron chi connectivity index (χ1n) is 5.33. The topological polar surface area (TPSA) is 35.0 Å². The second-order valence-corrected chi connectivity index (χ2v) is 5.07. The molecule has 0 radical (unpaired) electrons. The van der Waals surface area contributed by atoms with Crippen LogP contribution in [0.25, 0.3) is 0 Å². The monoisotopic (exact) mass is 366 g/mol. The first-order valence-corrected chi connectivity index (χ1v) is 6.51. The molecule has 0 amide bonds. The van der Waals surface area contributed by atoms with Gasteiger partial charge in [0.15, 0.2) is 0 Å². The minimum Gasteiger partial charge on any atom is -0.473 e. The van der Waals surface area contributed by atoms with Gasteiger partial charge in [-0.2, -0.15) is 18.2 Å². The van der Waals surface area contributed by atoms with Crippen molar-refractivity contribution in [2.75, 3.05) is 0 Å². The van der Waals surface area contributed by atoms with Gasteiger partial charge in [-0.3, -0.25) is 0 Å². The van der Waals surface area contributed by atoms with Crippen LogP contribution in [-0.2, 0) is 12.8 Å². The zero-order valence-electron chi connectivity index (χ0n) is 9.79. The highest BCUT2D eigenvalue weighted by atomic mass is 79.9. The lowest BCUT2D eigenvalue weighted by Crippen LogP contribution is -2.12. The number of aromatic nitrogens is 2. The molecule has 1 heterocycles. The summed E-state index contributed by atoms with van der Waals surface area (Å²) < 4.78 is 43.6.